The molecule has 0 spiro atoms. The van der Waals surface area contributed by atoms with Crippen LogP contribution in [0.4, 0.5) is 11.4 Å². The molecule has 0 fully saturated rings. The van der Waals surface area contributed by atoms with Gasteiger partial charge in [0, 0.05) is 17.8 Å². The van der Waals surface area contributed by atoms with Gasteiger partial charge >= 0.3 is 0 Å². The fraction of sp³-hybridized carbons (Fsp3) is 0.235. The molecular weight excluding hydrogens is 351 g/mol. The number of amides is 1. The predicted molar refractivity (Wildman–Crippen MR) is 97.4 cm³/mol. The summed E-state index contributed by atoms with van der Waals surface area (Å²) in [5.41, 5.74) is 1.33. The number of rotatable bonds is 8. The molecule has 2 aromatic rings. The lowest BCUT2D eigenvalue weighted by Gasteiger charge is -2.10. The maximum atomic E-state index is 12.0. The maximum absolute atomic E-state index is 12.0. The molecule has 24 heavy (non-hydrogen) atoms. The minimum atomic E-state index is -0.209. The van der Waals surface area contributed by atoms with E-state index in [0.29, 0.717) is 28.9 Å². The van der Waals surface area contributed by atoms with Crippen molar-refractivity contribution >= 4 is 40.5 Å². The number of halogens is 2. The van der Waals surface area contributed by atoms with Crippen molar-refractivity contribution in [2.24, 2.45) is 0 Å². The monoisotopic (exact) mass is 368 g/mol. The third-order valence-corrected chi connectivity index (χ3v) is 3.62. The van der Waals surface area contributed by atoms with Crippen LogP contribution in [0.3, 0.4) is 0 Å². The Morgan fingerprint density at radius 3 is 2.50 bits per heavy atom. The molecule has 128 valence electrons. The van der Waals surface area contributed by atoms with Gasteiger partial charge in [-0.15, -0.1) is 0 Å². The van der Waals surface area contributed by atoms with E-state index in [-0.39, 0.29) is 12.5 Å². The highest BCUT2D eigenvalue weighted by atomic mass is 35.5. The van der Waals surface area contributed by atoms with Gasteiger partial charge in [-0.3, -0.25) is 4.79 Å². The molecule has 0 unspecified atom stereocenters. The number of methoxy groups -OCH3 is 1. The van der Waals surface area contributed by atoms with Gasteiger partial charge in [0.25, 0.3) is 0 Å². The van der Waals surface area contributed by atoms with Crippen molar-refractivity contribution in [3.05, 3.63) is 52.5 Å². The SMILES string of the molecule is COCCOc1ccc(NCC(=O)Nc2ccc(Cl)cc2Cl)cc1. The maximum Gasteiger partial charge on any atom is 0.243 e. The molecule has 0 aliphatic rings. The van der Waals surface area contributed by atoms with Gasteiger partial charge in [0.2, 0.25) is 5.91 Å². The van der Waals surface area contributed by atoms with Crippen LogP contribution in [0.1, 0.15) is 0 Å². The van der Waals surface area contributed by atoms with Gasteiger partial charge in [-0.1, -0.05) is 23.2 Å². The summed E-state index contributed by atoms with van der Waals surface area (Å²) in [6.07, 6.45) is 0. The molecule has 0 heterocycles. The van der Waals surface area contributed by atoms with Gasteiger partial charge < -0.3 is 20.1 Å². The topological polar surface area (TPSA) is 59.6 Å². The van der Waals surface area contributed by atoms with E-state index in [1.54, 1.807) is 25.3 Å². The van der Waals surface area contributed by atoms with Crippen molar-refractivity contribution in [3.63, 3.8) is 0 Å². The first kappa shape index (κ1) is 18.4. The first-order chi connectivity index (χ1) is 11.6. The molecule has 2 rings (SSSR count). The van der Waals surface area contributed by atoms with E-state index in [4.69, 9.17) is 32.7 Å². The molecule has 0 aliphatic heterocycles. The Morgan fingerprint density at radius 2 is 1.83 bits per heavy atom. The van der Waals surface area contributed by atoms with Gasteiger partial charge in [0.15, 0.2) is 0 Å². The lowest BCUT2D eigenvalue weighted by Crippen LogP contribution is -2.21. The molecule has 0 aromatic heterocycles. The van der Waals surface area contributed by atoms with Gasteiger partial charge in [0.05, 0.1) is 23.9 Å². The van der Waals surface area contributed by atoms with Gasteiger partial charge in [0.1, 0.15) is 12.4 Å². The van der Waals surface area contributed by atoms with Crippen molar-refractivity contribution in [1.29, 1.82) is 0 Å². The van der Waals surface area contributed by atoms with E-state index >= 15 is 0 Å². The van der Waals surface area contributed by atoms with Crippen molar-refractivity contribution < 1.29 is 14.3 Å². The Morgan fingerprint density at radius 1 is 1.08 bits per heavy atom. The number of carbonyl (C=O) groups is 1. The second-order valence-corrected chi connectivity index (χ2v) is 5.74. The van der Waals surface area contributed by atoms with Crippen LogP contribution in [0.2, 0.25) is 10.0 Å². The van der Waals surface area contributed by atoms with Crippen molar-refractivity contribution in [2.75, 3.05) is 37.5 Å². The number of ether oxygens (including phenoxy) is 2. The summed E-state index contributed by atoms with van der Waals surface area (Å²) in [6.45, 7) is 1.14. The highest BCUT2D eigenvalue weighted by Crippen LogP contribution is 2.25. The second kappa shape index (κ2) is 9.37. The van der Waals surface area contributed by atoms with Crippen LogP contribution in [0.5, 0.6) is 5.75 Å². The average Bonchev–Trinajstić information content (AvgIpc) is 2.57. The zero-order valence-corrected chi connectivity index (χ0v) is 14.7. The molecule has 0 bridgehead atoms. The van der Waals surface area contributed by atoms with E-state index in [2.05, 4.69) is 10.6 Å². The predicted octanol–water partition coefficient (Wildman–Crippen LogP) is 4.07. The molecule has 2 aromatic carbocycles. The zero-order chi connectivity index (χ0) is 17.4. The van der Waals surface area contributed by atoms with E-state index in [1.807, 2.05) is 24.3 Å². The lowest BCUT2D eigenvalue weighted by atomic mass is 10.3. The van der Waals surface area contributed by atoms with E-state index in [0.717, 1.165) is 11.4 Å². The molecule has 0 saturated carbocycles. The highest BCUT2D eigenvalue weighted by molar-refractivity contribution is 6.36. The second-order valence-electron chi connectivity index (χ2n) is 4.89. The van der Waals surface area contributed by atoms with Crippen molar-refractivity contribution in [3.8, 4) is 5.75 Å². The largest absolute Gasteiger partial charge is 0.491 e. The normalized spacial score (nSPS) is 10.3. The van der Waals surface area contributed by atoms with E-state index in [1.165, 1.54) is 0 Å². The summed E-state index contributed by atoms with van der Waals surface area (Å²) in [5, 5.41) is 6.67. The van der Waals surface area contributed by atoms with Gasteiger partial charge in [-0.05, 0) is 42.5 Å². The summed E-state index contributed by atoms with van der Waals surface area (Å²) in [5.74, 6) is 0.537. The van der Waals surface area contributed by atoms with Crippen molar-refractivity contribution in [1.82, 2.24) is 0 Å². The first-order valence-electron chi connectivity index (χ1n) is 7.29. The molecule has 0 atom stereocenters. The Bertz CT molecular complexity index is 678. The van der Waals surface area contributed by atoms with Crippen LogP contribution in [-0.4, -0.2) is 32.8 Å². The van der Waals surface area contributed by atoms with Crippen LogP contribution >= 0.6 is 23.2 Å². The smallest absolute Gasteiger partial charge is 0.243 e. The molecule has 2 N–H and O–H groups in total. The van der Waals surface area contributed by atoms with Crippen LogP contribution in [-0.2, 0) is 9.53 Å². The van der Waals surface area contributed by atoms with E-state index in [9.17, 15) is 4.79 Å². The third-order valence-electron chi connectivity index (χ3n) is 3.07. The van der Waals surface area contributed by atoms with Crippen LogP contribution in [0, 0.1) is 0 Å². The highest BCUT2D eigenvalue weighted by Gasteiger charge is 2.06. The Labute approximate surface area is 150 Å². The summed E-state index contributed by atoms with van der Waals surface area (Å²) in [7, 11) is 1.62. The number of hydrogen-bond donors (Lipinski definition) is 2. The Kier molecular flexibility index (Phi) is 7.18. The number of hydrogen-bond acceptors (Lipinski definition) is 4. The minimum absolute atomic E-state index is 0.114. The summed E-state index contributed by atoms with van der Waals surface area (Å²) in [4.78, 5) is 12.0. The molecular formula is C17H18Cl2N2O3. The molecule has 7 heteroatoms. The number of nitrogens with one attached hydrogen (secondary N) is 2. The molecule has 0 radical (unpaired) electrons. The van der Waals surface area contributed by atoms with Gasteiger partial charge in [-0.25, -0.2) is 0 Å². The first-order valence-corrected chi connectivity index (χ1v) is 8.04. The van der Waals surface area contributed by atoms with Crippen LogP contribution < -0.4 is 15.4 Å². The van der Waals surface area contributed by atoms with E-state index < -0.39 is 0 Å². The minimum Gasteiger partial charge on any atom is -0.491 e. The quantitative estimate of drug-likeness (QED) is 0.689. The van der Waals surface area contributed by atoms with Crippen LogP contribution in [0.15, 0.2) is 42.5 Å². The molecule has 1 amide bonds. The number of carbonyl (C=O) groups excluding carboxylic acids is 1. The fourth-order valence-electron chi connectivity index (χ4n) is 1.88. The summed E-state index contributed by atoms with van der Waals surface area (Å²) < 4.78 is 10.4. The Balaban J connectivity index is 1.81. The summed E-state index contributed by atoms with van der Waals surface area (Å²) in [6, 6.07) is 12.2. The van der Waals surface area contributed by atoms with Crippen LogP contribution in [0.25, 0.3) is 0 Å². The fourth-order valence-corrected chi connectivity index (χ4v) is 2.34. The number of anilines is 2. The number of benzene rings is 2. The molecule has 0 saturated heterocycles. The van der Waals surface area contributed by atoms with Crippen molar-refractivity contribution in [2.45, 2.75) is 0 Å². The van der Waals surface area contributed by atoms with Gasteiger partial charge in [-0.2, -0.15) is 0 Å². The third kappa shape index (κ3) is 5.92. The lowest BCUT2D eigenvalue weighted by molar-refractivity contribution is -0.114. The molecule has 5 nitrogen and oxygen atoms in total. The average molecular weight is 369 g/mol. The Hall–Kier alpha value is -1.95. The zero-order valence-electron chi connectivity index (χ0n) is 13.1. The standard InChI is InChI=1S/C17H18Cl2N2O3/c1-23-8-9-24-14-5-3-13(4-6-14)20-11-17(22)21-16-7-2-12(18)10-15(16)19/h2-7,10,20H,8-9,11H2,1H3,(H,21,22). The summed E-state index contributed by atoms with van der Waals surface area (Å²) >= 11 is 11.8. The molecule has 0 aliphatic carbocycles.